The molecule has 1 heterocycles. The highest BCUT2D eigenvalue weighted by Crippen LogP contribution is 2.34. The van der Waals surface area contributed by atoms with E-state index in [9.17, 15) is 14.4 Å². The normalized spacial score (nSPS) is 27.6. The third kappa shape index (κ3) is 3.67. The number of aliphatic imine (C=N–C) groups is 1. The van der Waals surface area contributed by atoms with E-state index in [2.05, 4.69) is 4.99 Å². The van der Waals surface area contributed by atoms with Crippen LogP contribution < -0.4 is 0 Å². The Bertz CT molecular complexity index is 603. The molecule has 0 bridgehead atoms. The van der Waals surface area contributed by atoms with E-state index < -0.39 is 5.92 Å². The molecule has 27 heavy (non-hydrogen) atoms. The summed E-state index contributed by atoms with van der Waals surface area (Å²) in [4.78, 5) is 47.4. The quantitative estimate of drug-likeness (QED) is 0.557. The largest absolute Gasteiger partial charge is 0.333 e. The van der Waals surface area contributed by atoms with E-state index in [1.807, 2.05) is 0 Å². The lowest BCUT2D eigenvalue weighted by molar-refractivity contribution is -0.149. The predicted octanol–water partition coefficient (Wildman–Crippen LogP) is 3.68. The first-order valence-corrected chi connectivity index (χ1v) is 10.8. The van der Waals surface area contributed by atoms with Crippen LogP contribution in [0.25, 0.3) is 0 Å². The zero-order chi connectivity index (χ0) is 19.0. The van der Waals surface area contributed by atoms with Gasteiger partial charge in [0.2, 0.25) is 11.8 Å². The summed E-state index contributed by atoms with van der Waals surface area (Å²) >= 11 is 0. The number of amides is 4. The van der Waals surface area contributed by atoms with Crippen molar-refractivity contribution in [3.63, 3.8) is 0 Å². The summed E-state index contributed by atoms with van der Waals surface area (Å²) in [6.45, 7) is 1.80. The molecule has 0 aromatic carbocycles. The summed E-state index contributed by atoms with van der Waals surface area (Å²) in [5.74, 6) is -1.55. The maximum absolute atomic E-state index is 13.3. The molecular weight excluding hydrogens is 342 g/mol. The molecule has 3 saturated carbocycles. The Labute approximate surface area is 161 Å². The first kappa shape index (κ1) is 18.6. The van der Waals surface area contributed by atoms with Crippen LogP contribution in [-0.4, -0.2) is 51.5 Å². The molecule has 0 N–H and O–H groups in total. The number of hydrogen-bond acceptors (Lipinski definition) is 4. The van der Waals surface area contributed by atoms with Crippen molar-refractivity contribution in [2.24, 2.45) is 10.9 Å². The molecule has 0 atom stereocenters. The maximum atomic E-state index is 13.3. The lowest BCUT2D eigenvalue weighted by atomic mass is 9.88. The number of rotatable bonds is 4. The average molecular weight is 373 g/mol. The van der Waals surface area contributed by atoms with Gasteiger partial charge in [-0.3, -0.25) is 24.4 Å². The van der Waals surface area contributed by atoms with Crippen molar-refractivity contribution in [1.29, 1.82) is 0 Å². The molecule has 4 amide bonds. The Morgan fingerprint density at radius 2 is 1.19 bits per heavy atom. The van der Waals surface area contributed by atoms with E-state index in [-0.39, 0.29) is 36.0 Å². The summed E-state index contributed by atoms with van der Waals surface area (Å²) in [6.07, 6.45) is 12.0. The molecule has 3 aliphatic carbocycles. The molecule has 4 aliphatic rings. The van der Waals surface area contributed by atoms with Crippen LogP contribution in [0.3, 0.4) is 0 Å². The minimum atomic E-state index is -0.896. The minimum absolute atomic E-state index is 0.0610. The van der Waals surface area contributed by atoms with Gasteiger partial charge in [0.25, 0.3) is 0 Å². The molecule has 4 rings (SSSR count). The van der Waals surface area contributed by atoms with E-state index >= 15 is 0 Å². The molecule has 1 saturated heterocycles. The van der Waals surface area contributed by atoms with E-state index in [1.54, 1.807) is 6.92 Å². The third-order valence-electron chi connectivity index (χ3n) is 6.61. The van der Waals surface area contributed by atoms with E-state index in [4.69, 9.17) is 0 Å². The average Bonchev–Trinajstić information content (AvgIpc) is 3.47. The predicted molar refractivity (Wildman–Crippen MR) is 102 cm³/mol. The lowest BCUT2D eigenvalue weighted by Crippen LogP contribution is -2.66. The summed E-state index contributed by atoms with van der Waals surface area (Å²) in [5.41, 5.74) is 0.599. The Morgan fingerprint density at radius 1 is 0.741 bits per heavy atom. The number of barbiturate groups is 1. The molecule has 148 valence electrons. The van der Waals surface area contributed by atoms with Gasteiger partial charge < -0.3 is 0 Å². The number of hydrogen-bond donors (Lipinski definition) is 0. The van der Waals surface area contributed by atoms with Crippen molar-refractivity contribution in [2.75, 3.05) is 0 Å². The topological polar surface area (TPSA) is 70.1 Å². The van der Waals surface area contributed by atoms with E-state index in [0.29, 0.717) is 5.71 Å². The van der Waals surface area contributed by atoms with Gasteiger partial charge in [-0.15, -0.1) is 0 Å². The Morgan fingerprint density at radius 3 is 1.59 bits per heavy atom. The van der Waals surface area contributed by atoms with Crippen molar-refractivity contribution in [3.8, 4) is 0 Å². The van der Waals surface area contributed by atoms with Gasteiger partial charge in [-0.05, 0) is 45.4 Å². The molecule has 0 radical (unpaired) electrons. The summed E-state index contributed by atoms with van der Waals surface area (Å²) in [6, 6.07) is -0.225. The first-order chi connectivity index (χ1) is 13.1. The molecule has 0 aromatic rings. The van der Waals surface area contributed by atoms with Gasteiger partial charge in [-0.1, -0.05) is 38.5 Å². The zero-order valence-corrected chi connectivity index (χ0v) is 16.4. The van der Waals surface area contributed by atoms with E-state index in [1.165, 1.54) is 9.80 Å². The first-order valence-electron chi connectivity index (χ1n) is 10.8. The fraction of sp³-hybridized carbons (Fsp3) is 0.810. The van der Waals surface area contributed by atoms with Crippen LogP contribution in [0.4, 0.5) is 4.79 Å². The molecule has 0 unspecified atom stereocenters. The van der Waals surface area contributed by atoms with Gasteiger partial charge in [-0.2, -0.15) is 0 Å². The second-order valence-corrected chi connectivity index (χ2v) is 8.72. The molecule has 4 fully saturated rings. The van der Waals surface area contributed by atoms with Crippen LogP contribution in [0.5, 0.6) is 0 Å². The second-order valence-electron chi connectivity index (χ2n) is 8.72. The number of urea groups is 1. The summed E-state index contributed by atoms with van der Waals surface area (Å²) in [5, 5.41) is 0. The Hall–Kier alpha value is -1.72. The van der Waals surface area contributed by atoms with Gasteiger partial charge in [0, 0.05) is 17.8 Å². The SMILES string of the molecule is CC(=NC1CC1)C1C(=O)N(C2CCCCC2)C(=O)N(C2CCCCC2)C1=O. The molecule has 0 aromatic heterocycles. The number of imide groups is 2. The number of nitrogens with zero attached hydrogens (tertiary/aromatic N) is 3. The maximum Gasteiger partial charge on any atom is 0.333 e. The zero-order valence-electron chi connectivity index (χ0n) is 16.4. The third-order valence-corrected chi connectivity index (χ3v) is 6.61. The standard InChI is InChI=1S/C21H31N3O3/c1-14(22-15-12-13-15)18-19(25)23(16-8-4-2-5-9-16)21(27)24(20(18)26)17-10-6-3-7-11-17/h15-18H,2-13H2,1H3. The van der Waals surface area contributed by atoms with Crippen LogP contribution in [0.15, 0.2) is 4.99 Å². The number of carbonyl (C=O) groups is 3. The van der Waals surface area contributed by atoms with Crippen molar-refractivity contribution in [2.45, 2.75) is 102 Å². The van der Waals surface area contributed by atoms with Gasteiger partial charge in [-0.25, -0.2) is 4.79 Å². The molecule has 6 nitrogen and oxygen atoms in total. The fourth-order valence-electron chi connectivity index (χ4n) is 4.96. The lowest BCUT2D eigenvalue weighted by Gasteiger charge is -2.45. The van der Waals surface area contributed by atoms with E-state index in [0.717, 1.165) is 77.0 Å². The smallest absolute Gasteiger partial charge is 0.290 e. The van der Waals surface area contributed by atoms with Crippen LogP contribution in [0.1, 0.15) is 84.0 Å². The summed E-state index contributed by atoms with van der Waals surface area (Å²) in [7, 11) is 0. The number of carbonyl (C=O) groups excluding carboxylic acids is 3. The van der Waals surface area contributed by atoms with Gasteiger partial charge >= 0.3 is 6.03 Å². The fourth-order valence-corrected chi connectivity index (χ4v) is 4.96. The Balaban J connectivity index is 1.66. The van der Waals surface area contributed by atoms with Gasteiger partial charge in [0.15, 0.2) is 5.92 Å². The van der Waals surface area contributed by atoms with Gasteiger partial charge in [0.05, 0.1) is 6.04 Å². The van der Waals surface area contributed by atoms with Crippen LogP contribution >= 0.6 is 0 Å². The van der Waals surface area contributed by atoms with Crippen LogP contribution in [0, 0.1) is 5.92 Å². The highest BCUT2D eigenvalue weighted by atomic mass is 16.2. The molecule has 0 spiro atoms. The van der Waals surface area contributed by atoms with Crippen molar-refractivity contribution in [3.05, 3.63) is 0 Å². The van der Waals surface area contributed by atoms with Crippen LogP contribution in [0.2, 0.25) is 0 Å². The minimum Gasteiger partial charge on any atom is -0.290 e. The summed E-state index contributed by atoms with van der Waals surface area (Å²) < 4.78 is 0. The highest BCUT2D eigenvalue weighted by molar-refractivity contribution is 6.27. The van der Waals surface area contributed by atoms with Gasteiger partial charge in [0.1, 0.15) is 0 Å². The Kier molecular flexibility index (Phi) is 5.33. The highest BCUT2D eigenvalue weighted by Gasteiger charge is 2.51. The van der Waals surface area contributed by atoms with Crippen molar-refractivity contribution in [1.82, 2.24) is 9.80 Å². The van der Waals surface area contributed by atoms with Crippen molar-refractivity contribution >= 4 is 23.6 Å². The molecular formula is C21H31N3O3. The molecule has 1 aliphatic heterocycles. The second kappa shape index (κ2) is 7.72. The monoisotopic (exact) mass is 373 g/mol. The van der Waals surface area contributed by atoms with Crippen LogP contribution in [-0.2, 0) is 9.59 Å². The van der Waals surface area contributed by atoms with Crippen molar-refractivity contribution < 1.29 is 14.4 Å². The molecule has 6 heteroatoms.